The number of fused-ring (bicyclic) bond motifs is 1. The van der Waals surface area contributed by atoms with Crippen LogP contribution in [0.2, 0.25) is 0 Å². The Bertz CT molecular complexity index is 1160. The molecule has 4 rings (SSSR count). The van der Waals surface area contributed by atoms with E-state index in [9.17, 15) is 13.2 Å². The van der Waals surface area contributed by atoms with Crippen molar-refractivity contribution in [2.75, 3.05) is 18.4 Å². The zero-order valence-corrected chi connectivity index (χ0v) is 17.3. The number of anilines is 1. The van der Waals surface area contributed by atoms with Crippen LogP contribution in [0.1, 0.15) is 26.7 Å². The largest absolute Gasteiger partial charge is 0.308 e. The Hall–Kier alpha value is -2.71. The number of carbonyl (C=O) groups excluding carboxylic acids is 1. The van der Waals surface area contributed by atoms with Crippen molar-refractivity contribution >= 4 is 32.7 Å². The topological polar surface area (TPSA) is 95.2 Å². The maximum absolute atomic E-state index is 12.8. The predicted octanol–water partition coefficient (Wildman–Crippen LogP) is 3.61. The van der Waals surface area contributed by atoms with Gasteiger partial charge in [-0.3, -0.25) is 9.89 Å². The third-order valence-corrected chi connectivity index (χ3v) is 7.31. The molecular weight excluding hydrogens is 388 g/mol. The van der Waals surface area contributed by atoms with Crippen LogP contribution in [-0.2, 0) is 14.8 Å². The molecule has 0 atom stereocenters. The number of nitrogens with one attached hydrogen (secondary N) is 2. The van der Waals surface area contributed by atoms with E-state index in [4.69, 9.17) is 0 Å². The van der Waals surface area contributed by atoms with Gasteiger partial charge in [-0.15, -0.1) is 0 Å². The van der Waals surface area contributed by atoms with Gasteiger partial charge in [0.15, 0.2) is 5.82 Å². The van der Waals surface area contributed by atoms with Crippen molar-refractivity contribution in [3.05, 3.63) is 42.5 Å². The Morgan fingerprint density at radius 3 is 2.55 bits per heavy atom. The van der Waals surface area contributed by atoms with Crippen molar-refractivity contribution in [2.45, 2.75) is 31.6 Å². The number of aromatic nitrogens is 2. The standard InChI is InChI=1S/C21H24N4O3S/c1-3-25(4-2)29(27,28)17-7-5-6-15(12-17)16-10-11-18-19(13-16)23-24-20(18)22-21(26)14-8-9-14/h5-7,10-14H,3-4,8-9H2,1-2H3,(H2,22,23,24,26). The van der Waals surface area contributed by atoms with Gasteiger partial charge in [0.2, 0.25) is 15.9 Å². The molecule has 0 bridgehead atoms. The number of amides is 1. The minimum atomic E-state index is -3.52. The second-order valence-corrected chi connectivity index (χ2v) is 9.15. The Labute approximate surface area is 170 Å². The van der Waals surface area contributed by atoms with Gasteiger partial charge >= 0.3 is 0 Å². The van der Waals surface area contributed by atoms with Gasteiger partial charge in [-0.2, -0.15) is 9.40 Å². The van der Waals surface area contributed by atoms with Gasteiger partial charge < -0.3 is 5.32 Å². The summed E-state index contributed by atoms with van der Waals surface area (Å²) in [6.07, 6.45) is 1.87. The van der Waals surface area contributed by atoms with Crippen molar-refractivity contribution < 1.29 is 13.2 Å². The fourth-order valence-corrected chi connectivity index (χ4v) is 4.91. The molecule has 0 unspecified atom stereocenters. The molecule has 0 spiro atoms. The molecule has 1 heterocycles. The molecular formula is C21H24N4O3S. The lowest BCUT2D eigenvalue weighted by Crippen LogP contribution is -2.30. The number of hydrogen-bond acceptors (Lipinski definition) is 4. The summed E-state index contributed by atoms with van der Waals surface area (Å²) >= 11 is 0. The molecule has 3 aromatic rings. The summed E-state index contributed by atoms with van der Waals surface area (Å²) in [5.74, 6) is 0.648. The van der Waals surface area contributed by atoms with E-state index in [1.54, 1.807) is 18.2 Å². The summed E-state index contributed by atoms with van der Waals surface area (Å²) in [5.41, 5.74) is 2.46. The van der Waals surface area contributed by atoms with Crippen LogP contribution in [0, 0.1) is 5.92 Å². The van der Waals surface area contributed by atoms with E-state index in [1.165, 1.54) is 4.31 Å². The normalized spacial score (nSPS) is 14.4. The summed E-state index contributed by atoms with van der Waals surface area (Å²) < 4.78 is 27.1. The smallest absolute Gasteiger partial charge is 0.243 e. The number of benzene rings is 2. The number of rotatable bonds is 7. The highest BCUT2D eigenvalue weighted by Crippen LogP contribution is 2.32. The lowest BCUT2D eigenvalue weighted by molar-refractivity contribution is -0.117. The average Bonchev–Trinajstić information content (AvgIpc) is 3.51. The van der Waals surface area contributed by atoms with E-state index in [2.05, 4.69) is 15.5 Å². The highest BCUT2D eigenvalue weighted by atomic mass is 32.2. The summed E-state index contributed by atoms with van der Waals surface area (Å²) in [6.45, 7) is 4.52. The van der Waals surface area contributed by atoms with E-state index in [1.807, 2.05) is 38.1 Å². The van der Waals surface area contributed by atoms with Crippen molar-refractivity contribution in [3.63, 3.8) is 0 Å². The van der Waals surface area contributed by atoms with E-state index < -0.39 is 10.0 Å². The molecule has 2 N–H and O–H groups in total. The molecule has 8 heteroatoms. The number of aromatic amines is 1. The van der Waals surface area contributed by atoms with Crippen LogP contribution in [0.15, 0.2) is 47.4 Å². The Morgan fingerprint density at radius 1 is 1.14 bits per heavy atom. The molecule has 1 aliphatic rings. The minimum Gasteiger partial charge on any atom is -0.308 e. The first kappa shape index (κ1) is 19.6. The number of hydrogen-bond donors (Lipinski definition) is 2. The number of carbonyl (C=O) groups is 1. The lowest BCUT2D eigenvalue weighted by atomic mass is 10.0. The first-order valence-corrected chi connectivity index (χ1v) is 11.3. The first-order valence-electron chi connectivity index (χ1n) is 9.83. The molecule has 1 amide bonds. The predicted molar refractivity (Wildman–Crippen MR) is 113 cm³/mol. The minimum absolute atomic E-state index is 0.0109. The third-order valence-electron chi connectivity index (χ3n) is 5.26. The van der Waals surface area contributed by atoms with Crippen LogP contribution < -0.4 is 5.32 Å². The van der Waals surface area contributed by atoms with E-state index in [0.29, 0.717) is 18.9 Å². The molecule has 7 nitrogen and oxygen atoms in total. The summed E-state index contributed by atoms with van der Waals surface area (Å²) in [4.78, 5) is 12.3. The van der Waals surface area contributed by atoms with Gasteiger partial charge in [0.25, 0.3) is 0 Å². The Balaban J connectivity index is 1.66. The molecule has 1 fully saturated rings. The number of nitrogens with zero attached hydrogens (tertiary/aromatic N) is 2. The fraction of sp³-hybridized carbons (Fsp3) is 0.333. The zero-order valence-electron chi connectivity index (χ0n) is 16.5. The number of sulfonamides is 1. The summed E-state index contributed by atoms with van der Waals surface area (Å²) in [7, 11) is -3.52. The second kappa shape index (κ2) is 7.61. The maximum atomic E-state index is 12.8. The van der Waals surface area contributed by atoms with Crippen LogP contribution in [0.25, 0.3) is 22.0 Å². The summed E-state index contributed by atoms with van der Waals surface area (Å²) in [5, 5.41) is 10.9. The van der Waals surface area contributed by atoms with Crippen LogP contribution >= 0.6 is 0 Å². The van der Waals surface area contributed by atoms with Gasteiger partial charge in [-0.05, 0) is 48.2 Å². The van der Waals surface area contributed by atoms with Crippen LogP contribution in [0.4, 0.5) is 5.82 Å². The molecule has 29 heavy (non-hydrogen) atoms. The maximum Gasteiger partial charge on any atom is 0.243 e. The Morgan fingerprint density at radius 2 is 1.86 bits per heavy atom. The Kier molecular flexibility index (Phi) is 5.14. The van der Waals surface area contributed by atoms with Crippen LogP contribution in [0.5, 0.6) is 0 Å². The molecule has 0 saturated heterocycles. The van der Waals surface area contributed by atoms with Gasteiger partial charge in [0.05, 0.1) is 10.4 Å². The van der Waals surface area contributed by atoms with Crippen molar-refractivity contribution in [1.29, 1.82) is 0 Å². The van der Waals surface area contributed by atoms with E-state index in [-0.39, 0.29) is 16.7 Å². The van der Waals surface area contributed by atoms with E-state index >= 15 is 0 Å². The number of H-pyrrole nitrogens is 1. The van der Waals surface area contributed by atoms with Crippen LogP contribution in [0.3, 0.4) is 0 Å². The first-order chi connectivity index (χ1) is 13.9. The molecule has 1 aromatic heterocycles. The van der Waals surface area contributed by atoms with Gasteiger partial charge in [0.1, 0.15) is 0 Å². The zero-order chi connectivity index (χ0) is 20.6. The lowest BCUT2D eigenvalue weighted by Gasteiger charge is -2.18. The quantitative estimate of drug-likeness (QED) is 0.620. The highest BCUT2D eigenvalue weighted by molar-refractivity contribution is 7.89. The molecule has 0 radical (unpaired) electrons. The summed E-state index contributed by atoms with van der Waals surface area (Å²) in [6, 6.07) is 12.7. The van der Waals surface area contributed by atoms with Gasteiger partial charge in [-0.1, -0.05) is 32.0 Å². The molecule has 1 saturated carbocycles. The van der Waals surface area contributed by atoms with E-state index in [0.717, 1.165) is 34.9 Å². The van der Waals surface area contributed by atoms with Crippen molar-refractivity contribution in [3.8, 4) is 11.1 Å². The van der Waals surface area contributed by atoms with Gasteiger partial charge in [0, 0.05) is 24.4 Å². The second-order valence-electron chi connectivity index (χ2n) is 7.21. The third kappa shape index (κ3) is 3.77. The SMILES string of the molecule is CCN(CC)S(=O)(=O)c1cccc(-c2ccc3c(NC(=O)C4CC4)n[nH]c3c2)c1. The molecule has 1 aliphatic carbocycles. The molecule has 152 valence electrons. The van der Waals surface area contributed by atoms with Crippen molar-refractivity contribution in [1.82, 2.24) is 14.5 Å². The average molecular weight is 413 g/mol. The molecule has 0 aliphatic heterocycles. The molecule has 2 aromatic carbocycles. The fourth-order valence-electron chi connectivity index (χ4n) is 3.41. The van der Waals surface area contributed by atoms with Crippen LogP contribution in [-0.4, -0.2) is 41.9 Å². The highest BCUT2D eigenvalue weighted by Gasteiger charge is 2.30. The monoisotopic (exact) mass is 412 g/mol. The van der Waals surface area contributed by atoms with Gasteiger partial charge in [-0.25, -0.2) is 8.42 Å². The van der Waals surface area contributed by atoms with Crippen molar-refractivity contribution in [2.24, 2.45) is 5.92 Å².